The zero-order chi connectivity index (χ0) is 29.1. The average Bonchev–Trinajstić information content (AvgIpc) is 3.02. The number of hydrogen-bond acceptors (Lipinski definition) is 7. The van der Waals surface area contributed by atoms with Crippen LogP contribution in [0.5, 0.6) is 0 Å². The van der Waals surface area contributed by atoms with Crippen molar-refractivity contribution in [2.75, 3.05) is 12.4 Å². The number of hydrogen-bond donors (Lipinski definition) is 0. The van der Waals surface area contributed by atoms with Crippen molar-refractivity contribution in [3.8, 4) is 0 Å². The number of rotatable bonds is 13. The summed E-state index contributed by atoms with van der Waals surface area (Å²) in [6.45, 7) is 4.70. The van der Waals surface area contributed by atoms with Gasteiger partial charge in [-0.1, -0.05) is 104 Å². The highest BCUT2D eigenvalue weighted by Gasteiger charge is 2.48. The van der Waals surface area contributed by atoms with E-state index in [0.29, 0.717) is 19.8 Å². The number of ether oxygens (including phenoxy) is 5. The Bertz CT molecular complexity index is 1400. The first-order valence-corrected chi connectivity index (χ1v) is 15.5. The van der Waals surface area contributed by atoms with Crippen molar-refractivity contribution in [2.24, 2.45) is 0 Å². The van der Waals surface area contributed by atoms with Crippen LogP contribution in [0.1, 0.15) is 30.5 Å². The molecule has 1 saturated heterocycles. The molecule has 1 aliphatic rings. The summed E-state index contributed by atoms with van der Waals surface area (Å²) in [5.41, 5.74) is 2.82. The van der Waals surface area contributed by atoms with E-state index in [4.69, 9.17) is 23.7 Å². The molecule has 4 aromatic rings. The van der Waals surface area contributed by atoms with Gasteiger partial charge >= 0.3 is 5.97 Å². The first kappa shape index (κ1) is 30.3. The molecule has 4 aromatic carbocycles. The molecule has 5 rings (SSSR count). The second-order valence-corrected chi connectivity index (χ2v) is 11.7. The lowest BCUT2D eigenvalue weighted by molar-refractivity contribution is -0.253. The van der Waals surface area contributed by atoms with Gasteiger partial charge in [-0.05, 0) is 39.3 Å². The number of benzene rings is 4. The van der Waals surface area contributed by atoms with Crippen LogP contribution >= 0.6 is 11.8 Å². The SMILES string of the molecule is CCS[C@@H]1O[C@H](COC(C)=O)[C@@H](OCc2ccccc2)[C@H](OCc2ccc3ccccc3c2)[C@H]1OCc1ccccc1. The normalized spacial score (nSPS) is 22.2. The molecule has 0 amide bonds. The third-order valence-corrected chi connectivity index (χ3v) is 8.24. The van der Waals surface area contributed by atoms with Gasteiger partial charge < -0.3 is 23.7 Å². The molecule has 1 heterocycles. The lowest BCUT2D eigenvalue weighted by atomic mass is 9.98. The molecule has 220 valence electrons. The zero-order valence-electron chi connectivity index (χ0n) is 24.1. The molecule has 0 N–H and O–H groups in total. The molecular weight excluding hydrogens is 548 g/mol. The van der Waals surface area contributed by atoms with Crippen molar-refractivity contribution in [1.82, 2.24) is 0 Å². The minimum Gasteiger partial charge on any atom is -0.463 e. The Labute approximate surface area is 252 Å². The molecular formula is C35H38O6S. The summed E-state index contributed by atoms with van der Waals surface area (Å²) in [6, 6.07) is 34.7. The molecule has 6 nitrogen and oxygen atoms in total. The van der Waals surface area contributed by atoms with E-state index >= 15 is 0 Å². The maximum atomic E-state index is 11.8. The van der Waals surface area contributed by atoms with E-state index in [1.807, 2.05) is 72.8 Å². The quantitative estimate of drug-likeness (QED) is 0.157. The maximum absolute atomic E-state index is 11.8. The van der Waals surface area contributed by atoms with Crippen LogP contribution in [0.15, 0.2) is 103 Å². The number of thioether (sulfide) groups is 1. The topological polar surface area (TPSA) is 63.2 Å². The highest BCUT2D eigenvalue weighted by Crippen LogP contribution is 2.35. The van der Waals surface area contributed by atoms with E-state index in [0.717, 1.165) is 27.8 Å². The highest BCUT2D eigenvalue weighted by molar-refractivity contribution is 7.99. The maximum Gasteiger partial charge on any atom is 0.302 e. The molecule has 0 radical (unpaired) electrons. The van der Waals surface area contributed by atoms with Gasteiger partial charge in [-0.15, -0.1) is 11.8 Å². The average molecular weight is 587 g/mol. The van der Waals surface area contributed by atoms with E-state index < -0.39 is 24.4 Å². The Kier molecular flexibility index (Phi) is 11.0. The van der Waals surface area contributed by atoms with E-state index in [-0.39, 0.29) is 18.0 Å². The predicted octanol–water partition coefficient (Wildman–Crippen LogP) is 6.94. The lowest BCUT2D eigenvalue weighted by Crippen LogP contribution is -2.60. The molecule has 0 bridgehead atoms. The van der Waals surface area contributed by atoms with Crippen LogP contribution < -0.4 is 0 Å². The summed E-state index contributed by atoms with van der Waals surface area (Å²) >= 11 is 1.65. The van der Waals surface area contributed by atoms with Crippen LogP contribution in [-0.2, 0) is 48.3 Å². The first-order valence-electron chi connectivity index (χ1n) is 14.4. The highest BCUT2D eigenvalue weighted by atomic mass is 32.2. The molecule has 0 aromatic heterocycles. The van der Waals surface area contributed by atoms with Crippen molar-refractivity contribution in [2.45, 2.75) is 63.5 Å². The standard InChI is InChI=1S/C35H38O6S/c1-3-42-35-34(40-22-27-14-8-5-9-15-27)33(39-23-28-18-19-29-16-10-11-17-30(29)20-28)32(31(41-35)24-37-25(2)36)38-21-26-12-6-4-7-13-26/h4-20,31-35H,3,21-24H2,1-2H3/t31-,32-,33+,34-,35+/m1/s1. The minimum absolute atomic E-state index is 0.0663. The molecule has 0 saturated carbocycles. The Morgan fingerprint density at radius 3 is 1.90 bits per heavy atom. The van der Waals surface area contributed by atoms with Gasteiger partial charge in [0, 0.05) is 6.92 Å². The van der Waals surface area contributed by atoms with E-state index in [9.17, 15) is 4.79 Å². The van der Waals surface area contributed by atoms with Crippen molar-refractivity contribution in [3.63, 3.8) is 0 Å². The zero-order valence-corrected chi connectivity index (χ0v) is 24.9. The monoisotopic (exact) mass is 586 g/mol. The fourth-order valence-corrected chi connectivity index (χ4v) is 6.11. The first-order chi connectivity index (χ1) is 20.6. The number of carbonyl (C=O) groups is 1. The van der Waals surface area contributed by atoms with Crippen LogP contribution in [-0.4, -0.2) is 48.2 Å². The molecule has 7 heteroatoms. The largest absolute Gasteiger partial charge is 0.463 e. The Morgan fingerprint density at radius 1 is 0.690 bits per heavy atom. The van der Waals surface area contributed by atoms with Gasteiger partial charge in [-0.3, -0.25) is 4.79 Å². The van der Waals surface area contributed by atoms with Crippen molar-refractivity contribution >= 4 is 28.5 Å². The summed E-state index contributed by atoms with van der Waals surface area (Å²) in [5.74, 6) is 0.458. The predicted molar refractivity (Wildman–Crippen MR) is 166 cm³/mol. The van der Waals surface area contributed by atoms with Crippen LogP contribution in [0.4, 0.5) is 0 Å². The van der Waals surface area contributed by atoms with Gasteiger partial charge in [0.1, 0.15) is 36.5 Å². The van der Waals surface area contributed by atoms with Crippen LogP contribution in [0.2, 0.25) is 0 Å². The summed E-state index contributed by atoms with van der Waals surface area (Å²) in [6.07, 6.45) is -1.98. The Hall–Kier alpha value is -3.20. The molecule has 0 spiro atoms. The Morgan fingerprint density at radius 2 is 1.26 bits per heavy atom. The molecule has 1 fully saturated rings. The van der Waals surface area contributed by atoms with Crippen LogP contribution in [0.25, 0.3) is 10.8 Å². The second-order valence-electron chi connectivity index (χ2n) is 10.3. The van der Waals surface area contributed by atoms with Gasteiger partial charge in [0.15, 0.2) is 0 Å². The molecule has 42 heavy (non-hydrogen) atoms. The summed E-state index contributed by atoms with van der Waals surface area (Å²) in [5, 5.41) is 2.34. The van der Waals surface area contributed by atoms with Crippen molar-refractivity contribution < 1.29 is 28.5 Å². The van der Waals surface area contributed by atoms with Gasteiger partial charge in [-0.2, -0.15) is 0 Å². The summed E-state index contributed by atoms with van der Waals surface area (Å²) < 4.78 is 32.0. The molecule has 5 atom stereocenters. The van der Waals surface area contributed by atoms with Gasteiger partial charge in [-0.25, -0.2) is 0 Å². The van der Waals surface area contributed by atoms with E-state index in [1.165, 1.54) is 12.3 Å². The fraction of sp³-hybridized carbons (Fsp3) is 0.343. The molecule has 1 aliphatic heterocycles. The molecule has 0 unspecified atom stereocenters. The second kappa shape index (κ2) is 15.3. The third-order valence-electron chi connectivity index (χ3n) is 7.20. The fourth-order valence-electron chi connectivity index (χ4n) is 5.13. The lowest BCUT2D eigenvalue weighted by Gasteiger charge is -2.45. The van der Waals surface area contributed by atoms with Gasteiger partial charge in [0.25, 0.3) is 0 Å². The summed E-state index contributed by atoms with van der Waals surface area (Å²) in [7, 11) is 0. The Balaban J connectivity index is 1.44. The molecule has 0 aliphatic carbocycles. The van der Waals surface area contributed by atoms with Crippen LogP contribution in [0.3, 0.4) is 0 Å². The van der Waals surface area contributed by atoms with Gasteiger partial charge in [0.05, 0.1) is 19.8 Å². The van der Waals surface area contributed by atoms with E-state index in [1.54, 1.807) is 11.8 Å². The number of carbonyl (C=O) groups excluding carboxylic acids is 1. The van der Waals surface area contributed by atoms with E-state index in [2.05, 4.69) is 37.3 Å². The van der Waals surface area contributed by atoms with Crippen molar-refractivity contribution in [3.05, 3.63) is 120 Å². The third kappa shape index (κ3) is 8.21. The smallest absolute Gasteiger partial charge is 0.302 e. The minimum atomic E-state index is -0.542. The van der Waals surface area contributed by atoms with Gasteiger partial charge in [0.2, 0.25) is 0 Å². The summed E-state index contributed by atoms with van der Waals surface area (Å²) in [4.78, 5) is 11.8. The van der Waals surface area contributed by atoms with Crippen molar-refractivity contribution in [1.29, 1.82) is 0 Å². The van der Waals surface area contributed by atoms with Crippen LogP contribution in [0, 0.1) is 0 Å². The number of esters is 1. The number of fused-ring (bicyclic) bond motifs is 1.